The van der Waals surface area contributed by atoms with Crippen LogP contribution in [-0.4, -0.2) is 32.6 Å². The Labute approximate surface area is 201 Å². The molecule has 0 saturated heterocycles. The summed E-state index contributed by atoms with van der Waals surface area (Å²) in [5.41, 5.74) is 1.37. The van der Waals surface area contributed by atoms with Crippen LogP contribution in [0.1, 0.15) is 24.5 Å². The Morgan fingerprint density at radius 2 is 1.85 bits per heavy atom. The summed E-state index contributed by atoms with van der Waals surface area (Å²) in [5.74, 6) is 0.258. The molecular formula is C23H27ClF2N2O4S. The zero-order chi connectivity index (χ0) is 24.8. The number of aromatic nitrogens is 1. The van der Waals surface area contributed by atoms with E-state index >= 15 is 0 Å². The van der Waals surface area contributed by atoms with Gasteiger partial charge in [-0.1, -0.05) is 18.5 Å². The molecule has 0 unspecified atom stereocenters. The summed E-state index contributed by atoms with van der Waals surface area (Å²) in [6.45, 7) is 6.83. The minimum atomic E-state index is -0.718. The second kappa shape index (κ2) is 15.2. The topological polar surface area (TPSA) is 60.9 Å². The van der Waals surface area contributed by atoms with Gasteiger partial charge in [-0.05, 0) is 37.1 Å². The number of hydrogen-bond acceptors (Lipinski definition) is 7. The number of carbonyl (C=O) groups is 1. The third-order valence-corrected chi connectivity index (χ3v) is 5.16. The van der Waals surface area contributed by atoms with Gasteiger partial charge in [0.1, 0.15) is 29.9 Å². The summed E-state index contributed by atoms with van der Waals surface area (Å²) in [6.07, 6.45) is 2.72. The largest absolute Gasteiger partial charge is 0.497 e. The number of ether oxygens (including phenoxy) is 2. The molecule has 2 aromatic carbocycles. The normalized spacial score (nSPS) is 9.79. The molecule has 3 aromatic rings. The van der Waals surface area contributed by atoms with E-state index in [0.717, 1.165) is 34.7 Å². The van der Waals surface area contributed by atoms with Crippen molar-refractivity contribution >= 4 is 34.9 Å². The van der Waals surface area contributed by atoms with Crippen LogP contribution in [0.2, 0.25) is 5.02 Å². The fraction of sp³-hybridized carbons (Fsp3) is 0.304. The summed E-state index contributed by atoms with van der Waals surface area (Å²) in [6, 6.07) is 7.80. The Morgan fingerprint density at radius 3 is 2.39 bits per heavy atom. The average molecular weight is 501 g/mol. The number of methoxy groups -OCH3 is 2. The lowest BCUT2D eigenvalue weighted by Crippen LogP contribution is -2.23. The number of rotatable bonds is 8. The molecule has 1 heterocycles. The van der Waals surface area contributed by atoms with Crippen molar-refractivity contribution in [3.05, 3.63) is 69.7 Å². The van der Waals surface area contributed by atoms with Crippen LogP contribution in [0.15, 0.2) is 41.9 Å². The summed E-state index contributed by atoms with van der Waals surface area (Å²) in [5, 5.41) is 4.53. The first kappa shape index (κ1) is 28.3. The number of halogens is 3. The van der Waals surface area contributed by atoms with E-state index in [9.17, 15) is 8.78 Å². The maximum Gasteiger partial charge on any atom is 0.209 e. The maximum atomic E-state index is 12.5. The highest BCUT2D eigenvalue weighted by Crippen LogP contribution is 2.28. The van der Waals surface area contributed by atoms with Crippen LogP contribution < -0.4 is 14.5 Å². The standard InChI is InChI=1S/C15H20N2O3S.C7H5ClF2.CH2O/c1-4-8-20-17(15-16-7-9-21-15)11-12-5-6-13(18-2)10-14(12)19-3;1-4-2-5(8)7(10)3-6(4)9;1-2/h5-7,9-10H,4,8,11H2,1-3H3;2-3H,1H3;1H2. The minimum absolute atomic E-state index is 0.0427. The smallest absolute Gasteiger partial charge is 0.209 e. The molecule has 10 heteroatoms. The van der Waals surface area contributed by atoms with Crippen molar-refractivity contribution < 1.29 is 27.9 Å². The molecule has 1 aromatic heterocycles. The van der Waals surface area contributed by atoms with Gasteiger partial charge in [0.15, 0.2) is 0 Å². The lowest BCUT2D eigenvalue weighted by Gasteiger charge is -2.22. The van der Waals surface area contributed by atoms with E-state index in [-0.39, 0.29) is 5.02 Å². The summed E-state index contributed by atoms with van der Waals surface area (Å²) >= 11 is 6.89. The van der Waals surface area contributed by atoms with Gasteiger partial charge in [0, 0.05) is 29.3 Å². The predicted molar refractivity (Wildman–Crippen MR) is 127 cm³/mol. The van der Waals surface area contributed by atoms with Crippen LogP contribution in [0.25, 0.3) is 0 Å². The lowest BCUT2D eigenvalue weighted by molar-refractivity contribution is -0.0980. The van der Waals surface area contributed by atoms with Crippen molar-refractivity contribution in [1.29, 1.82) is 0 Å². The molecule has 0 aliphatic rings. The van der Waals surface area contributed by atoms with Crippen LogP contribution in [-0.2, 0) is 16.2 Å². The molecule has 0 aliphatic heterocycles. The molecular weight excluding hydrogens is 474 g/mol. The molecule has 0 spiro atoms. The van der Waals surface area contributed by atoms with Crippen molar-refractivity contribution in [3.63, 3.8) is 0 Å². The first-order chi connectivity index (χ1) is 15.9. The Kier molecular flexibility index (Phi) is 13.0. The molecule has 0 amide bonds. The van der Waals surface area contributed by atoms with Crippen LogP contribution in [0, 0.1) is 18.6 Å². The SMILES string of the molecule is C=O.CCCON(Cc1ccc(OC)cc1OC)c1nccs1.Cc1cc(Cl)c(F)cc1F. The van der Waals surface area contributed by atoms with E-state index in [1.165, 1.54) is 13.0 Å². The zero-order valence-electron chi connectivity index (χ0n) is 18.9. The molecule has 0 aliphatic carbocycles. The van der Waals surface area contributed by atoms with Crippen LogP contribution in [0.3, 0.4) is 0 Å². The molecule has 0 radical (unpaired) electrons. The molecule has 0 saturated carbocycles. The average Bonchev–Trinajstić information content (AvgIpc) is 3.37. The van der Waals surface area contributed by atoms with Gasteiger partial charge in [-0.2, -0.15) is 0 Å². The maximum absolute atomic E-state index is 12.5. The zero-order valence-corrected chi connectivity index (χ0v) is 20.5. The van der Waals surface area contributed by atoms with Gasteiger partial charge in [-0.15, -0.1) is 11.3 Å². The van der Waals surface area contributed by atoms with Gasteiger partial charge < -0.3 is 14.3 Å². The van der Waals surface area contributed by atoms with Gasteiger partial charge in [0.2, 0.25) is 5.13 Å². The van der Waals surface area contributed by atoms with Crippen molar-refractivity contribution in [1.82, 2.24) is 4.98 Å². The minimum Gasteiger partial charge on any atom is -0.497 e. The van der Waals surface area contributed by atoms with Gasteiger partial charge in [-0.25, -0.2) is 18.8 Å². The van der Waals surface area contributed by atoms with Crippen molar-refractivity contribution in [2.24, 2.45) is 0 Å². The first-order valence-electron chi connectivity index (χ1n) is 9.80. The number of carbonyl (C=O) groups excluding carboxylic acids is 1. The van der Waals surface area contributed by atoms with E-state index in [2.05, 4.69) is 11.9 Å². The van der Waals surface area contributed by atoms with Gasteiger partial charge in [0.25, 0.3) is 0 Å². The second-order valence-corrected chi connectivity index (χ2v) is 7.66. The highest BCUT2D eigenvalue weighted by molar-refractivity contribution is 7.13. The molecule has 6 nitrogen and oxygen atoms in total. The summed E-state index contributed by atoms with van der Waals surface area (Å²) in [4.78, 5) is 18.1. The first-order valence-corrected chi connectivity index (χ1v) is 11.1. The van der Waals surface area contributed by atoms with E-state index in [4.69, 9.17) is 30.7 Å². The Balaban J connectivity index is 0.000000380. The highest BCUT2D eigenvalue weighted by Gasteiger charge is 2.14. The van der Waals surface area contributed by atoms with E-state index in [1.54, 1.807) is 36.8 Å². The monoisotopic (exact) mass is 500 g/mol. The lowest BCUT2D eigenvalue weighted by atomic mass is 10.2. The van der Waals surface area contributed by atoms with E-state index in [0.29, 0.717) is 18.7 Å². The molecule has 0 fully saturated rings. The van der Waals surface area contributed by atoms with Gasteiger partial charge in [-0.3, -0.25) is 4.84 Å². The molecule has 0 bridgehead atoms. The second-order valence-electron chi connectivity index (χ2n) is 6.38. The Hall–Kier alpha value is -2.75. The van der Waals surface area contributed by atoms with Crippen LogP contribution in [0.4, 0.5) is 13.9 Å². The summed E-state index contributed by atoms with van der Waals surface area (Å²) in [7, 11) is 3.29. The molecule has 0 atom stereocenters. The fourth-order valence-electron chi connectivity index (χ4n) is 2.47. The number of benzene rings is 2. The van der Waals surface area contributed by atoms with Crippen LogP contribution >= 0.6 is 22.9 Å². The van der Waals surface area contributed by atoms with Crippen molar-refractivity contribution in [2.45, 2.75) is 26.8 Å². The van der Waals surface area contributed by atoms with Crippen molar-refractivity contribution in [2.75, 3.05) is 25.9 Å². The predicted octanol–water partition coefficient (Wildman–Crippen LogP) is 6.25. The highest BCUT2D eigenvalue weighted by atomic mass is 35.5. The molecule has 180 valence electrons. The summed E-state index contributed by atoms with van der Waals surface area (Å²) < 4.78 is 35.5. The number of thiazole rings is 1. The number of hydrogen-bond donors (Lipinski definition) is 0. The van der Waals surface area contributed by atoms with Crippen molar-refractivity contribution in [3.8, 4) is 11.5 Å². The molecule has 0 N–H and O–H groups in total. The van der Waals surface area contributed by atoms with Gasteiger partial charge in [0.05, 0.1) is 32.4 Å². The number of hydroxylamine groups is 1. The number of anilines is 1. The number of aryl methyl sites for hydroxylation is 1. The van der Waals surface area contributed by atoms with E-state index < -0.39 is 11.6 Å². The van der Waals surface area contributed by atoms with E-state index in [1.807, 2.05) is 30.4 Å². The van der Waals surface area contributed by atoms with Crippen LogP contribution in [0.5, 0.6) is 11.5 Å². The fourth-order valence-corrected chi connectivity index (χ4v) is 3.29. The third-order valence-electron chi connectivity index (χ3n) is 4.09. The quantitative estimate of drug-likeness (QED) is 0.269. The Bertz CT molecular complexity index is 927. The number of nitrogens with zero attached hydrogens (tertiary/aromatic N) is 2. The molecule has 3 rings (SSSR count). The van der Waals surface area contributed by atoms with Gasteiger partial charge >= 0.3 is 0 Å². The third kappa shape index (κ3) is 8.95. The molecule has 33 heavy (non-hydrogen) atoms. The Morgan fingerprint density at radius 1 is 1.12 bits per heavy atom.